The van der Waals surface area contributed by atoms with Crippen LogP contribution in [0.2, 0.25) is 0 Å². The van der Waals surface area contributed by atoms with Crippen LogP contribution in [0.15, 0.2) is 34.2 Å². The van der Waals surface area contributed by atoms with Crippen LogP contribution in [0.3, 0.4) is 0 Å². The summed E-state index contributed by atoms with van der Waals surface area (Å²) in [6.07, 6.45) is 3.72. The van der Waals surface area contributed by atoms with E-state index < -0.39 is 9.84 Å². The number of sulfone groups is 1. The molecule has 1 aromatic carbocycles. The van der Waals surface area contributed by atoms with Gasteiger partial charge in [-0.2, -0.15) is 0 Å². The lowest BCUT2D eigenvalue weighted by Crippen LogP contribution is -2.40. The molecule has 148 valence electrons. The summed E-state index contributed by atoms with van der Waals surface area (Å²) in [7, 11) is -3.15. The minimum atomic E-state index is -3.15. The van der Waals surface area contributed by atoms with E-state index in [1.807, 2.05) is 12.1 Å². The molecule has 1 aromatic rings. The van der Waals surface area contributed by atoms with Crippen LogP contribution in [0, 0.1) is 11.8 Å². The van der Waals surface area contributed by atoms with Gasteiger partial charge in [-0.15, -0.1) is 24.0 Å². The van der Waals surface area contributed by atoms with Crippen LogP contribution in [-0.2, 0) is 16.4 Å². The van der Waals surface area contributed by atoms with Crippen LogP contribution in [0.1, 0.15) is 39.2 Å². The molecule has 1 aliphatic heterocycles. The number of benzene rings is 1. The van der Waals surface area contributed by atoms with E-state index in [-0.39, 0.29) is 24.0 Å². The fourth-order valence-electron chi connectivity index (χ4n) is 3.32. The molecule has 0 aliphatic carbocycles. The zero-order chi connectivity index (χ0) is 18.4. The second-order valence-corrected chi connectivity index (χ2v) is 9.33. The molecule has 26 heavy (non-hydrogen) atoms. The molecular weight excluding hydrogens is 461 g/mol. The third kappa shape index (κ3) is 7.06. The van der Waals surface area contributed by atoms with Crippen molar-refractivity contribution in [3.8, 4) is 0 Å². The number of aliphatic imine (C=N–C) groups is 1. The van der Waals surface area contributed by atoms with Crippen molar-refractivity contribution in [3.63, 3.8) is 0 Å². The van der Waals surface area contributed by atoms with Gasteiger partial charge in [0.25, 0.3) is 0 Å². The SMILES string of the molecule is CCNC(=NCc1ccc(S(C)(=O)=O)cc1)N1CCC(CC(C)C)C1.I. The van der Waals surface area contributed by atoms with Crippen molar-refractivity contribution in [2.75, 3.05) is 25.9 Å². The molecule has 1 heterocycles. The highest BCUT2D eigenvalue weighted by Crippen LogP contribution is 2.23. The Balaban J connectivity index is 0.00000338. The van der Waals surface area contributed by atoms with Gasteiger partial charge < -0.3 is 10.2 Å². The Hall–Kier alpha value is -0.830. The van der Waals surface area contributed by atoms with Gasteiger partial charge in [-0.25, -0.2) is 13.4 Å². The molecule has 1 atom stereocenters. The van der Waals surface area contributed by atoms with Crippen molar-refractivity contribution in [3.05, 3.63) is 29.8 Å². The van der Waals surface area contributed by atoms with Gasteiger partial charge >= 0.3 is 0 Å². The Kier molecular flexibility index (Phi) is 9.36. The number of halogens is 1. The lowest BCUT2D eigenvalue weighted by atomic mass is 9.97. The number of hydrogen-bond acceptors (Lipinski definition) is 3. The zero-order valence-corrected chi connectivity index (χ0v) is 19.4. The van der Waals surface area contributed by atoms with Gasteiger partial charge in [-0.3, -0.25) is 0 Å². The topological polar surface area (TPSA) is 61.8 Å². The summed E-state index contributed by atoms with van der Waals surface area (Å²) in [6, 6.07) is 6.99. The van der Waals surface area contributed by atoms with Crippen molar-refractivity contribution >= 4 is 39.8 Å². The molecule has 1 saturated heterocycles. The highest BCUT2D eigenvalue weighted by molar-refractivity contribution is 14.0. The Morgan fingerprint density at radius 3 is 2.50 bits per heavy atom. The molecule has 0 bridgehead atoms. The van der Waals surface area contributed by atoms with Crippen molar-refractivity contribution in [1.82, 2.24) is 10.2 Å². The molecule has 0 saturated carbocycles. The van der Waals surface area contributed by atoms with E-state index in [0.29, 0.717) is 11.4 Å². The van der Waals surface area contributed by atoms with Gasteiger partial charge in [-0.05, 0) is 49.3 Å². The lowest BCUT2D eigenvalue weighted by Gasteiger charge is -2.22. The third-order valence-corrected chi connectivity index (χ3v) is 5.62. The van der Waals surface area contributed by atoms with Gasteiger partial charge in [0.1, 0.15) is 0 Å². The van der Waals surface area contributed by atoms with E-state index in [9.17, 15) is 8.42 Å². The highest BCUT2D eigenvalue weighted by atomic mass is 127. The van der Waals surface area contributed by atoms with Crippen LogP contribution in [0.5, 0.6) is 0 Å². The van der Waals surface area contributed by atoms with Gasteiger partial charge in [0, 0.05) is 25.9 Å². The smallest absolute Gasteiger partial charge is 0.194 e. The molecule has 0 amide bonds. The summed E-state index contributed by atoms with van der Waals surface area (Å²) in [4.78, 5) is 7.45. The Morgan fingerprint density at radius 1 is 1.31 bits per heavy atom. The summed E-state index contributed by atoms with van der Waals surface area (Å²) in [5, 5.41) is 3.38. The summed E-state index contributed by atoms with van der Waals surface area (Å²) >= 11 is 0. The molecule has 5 nitrogen and oxygen atoms in total. The lowest BCUT2D eigenvalue weighted by molar-refractivity contribution is 0.403. The predicted octanol–water partition coefficient (Wildman–Crippen LogP) is 3.54. The van der Waals surface area contributed by atoms with E-state index >= 15 is 0 Å². The fraction of sp³-hybridized carbons (Fsp3) is 0.632. The van der Waals surface area contributed by atoms with Crippen molar-refractivity contribution in [2.24, 2.45) is 16.8 Å². The molecular formula is C19H32IN3O2S. The van der Waals surface area contributed by atoms with Crippen LogP contribution < -0.4 is 5.32 Å². The maximum Gasteiger partial charge on any atom is 0.194 e. The quantitative estimate of drug-likeness (QED) is 0.374. The standard InChI is InChI=1S/C19H31N3O2S.HI/c1-5-20-19(22-11-10-17(14-22)12-15(2)3)21-13-16-6-8-18(9-7-16)25(4,23)24;/h6-9,15,17H,5,10-14H2,1-4H3,(H,20,21);1H. The van der Waals surface area contributed by atoms with Crippen LogP contribution in [0.25, 0.3) is 0 Å². The minimum Gasteiger partial charge on any atom is -0.357 e. The number of nitrogens with one attached hydrogen (secondary N) is 1. The first kappa shape index (κ1) is 23.2. The fourth-order valence-corrected chi connectivity index (χ4v) is 3.95. The highest BCUT2D eigenvalue weighted by Gasteiger charge is 2.25. The van der Waals surface area contributed by atoms with Crippen molar-refractivity contribution in [2.45, 2.75) is 45.1 Å². The normalized spacial score (nSPS) is 18.1. The monoisotopic (exact) mass is 493 g/mol. The summed E-state index contributed by atoms with van der Waals surface area (Å²) in [5.74, 6) is 2.44. The molecule has 1 N–H and O–H groups in total. The number of guanidine groups is 1. The number of rotatable bonds is 6. The van der Waals surface area contributed by atoms with Gasteiger partial charge in [0.05, 0.1) is 11.4 Å². The Morgan fingerprint density at radius 2 is 1.96 bits per heavy atom. The maximum atomic E-state index is 11.5. The summed E-state index contributed by atoms with van der Waals surface area (Å²) in [6.45, 7) is 10.2. The number of likely N-dealkylation sites (tertiary alicyclic amines) is 1. The molecule has 0 aromatic heterocycles. The van der Waals surface area contributed by atoms with Crippen LogP contribution in [0.4, 0.5) is 0 Å². The summed E-state index contributed by atoms with van der Waals surface area (Å²) in [5.41, 5.74) is 1.01. The average Bonchev–Trinajstić information content (AvgIpc) is 2.98. The van der Waals surface area contributed by atoms with Crippen LogP contribution >= 0.6 is 24.0 Å². The van der Waals surface area contributed by atoms with Gasteiger partial charge in [0.15, 0.2) is 15.8 Å². The van der Waals surface area contributed by atoms with Crippen LogP contribution in [-0.4, -0.2) is 45.2 Å². The molecule has 0 radical (unpaired) electrons. The van der Waals surface area contributed by atoms with E-state index in [1.165, 1.54) is 19.1 Å². The largest absolute Gasteiger partial charge is 0.357 e. The number of hydrogen-bond donors (Lipinski definition) is 1. The first-order valence-electron chi connectivity index (χ1n) is 9.11. The second-order valence-electron chi connectivity index (χ2n) is 7.32. The molecule has 0 spiro atoms. The molecule has 1 aliphatic rings. The van der Waals surface area contributed by atoms with Crippen molar-refractivity contribution < 1.29 is 8.42 Å². The first-order chi connectivity index (χ1) is 11.8. The van der Waals surface area contributed by atoms with Crippen molar-refractivity contribution in [1.29, 1.82) is 0 Å². The summed E-state index contributed by atoms with van der Waals surface area (Å²) < 4.78 is 23.1. The molecule has 2 rings (SSSR count). The average molecular weight is 493 g/mol. The zero-order valence-electron chi connectivity index (χ0n) is 16.2. The molecule has 1 fully saturated rings. The van der Waals surface area contributed by atoms with E-state index in [4.69, 9.17) is 4.99 Å². The predicted molar refractivity (Wildman–Crippen MR) is 119 cm³/mol. The van der Waals surface area contributed by atoms with E-state index in [0.717, 1.165) is 43.0 Å². The van der Waals surface area contributed by atoms with Gasteiger partial charge in [-0.1, -0.05) is 26.0 Å². The Labute approximate surface area is 175 Å². The second kappa shape index (κ2) is 10.5. The molecule has 1 unspecified atom stereocenters. The Bertz CT molecular complexity index is 687. The molecule has 7 heteroatoms. The van der Waals surface area contributed by atoms with Gasteiger partial charge in [0.2, 0.25) is 0 Å². The third-order valence-electron chi connectivity index (χ3n) is 4.49. The maximum absolute atomic E-state index is 11.5. The van der Waals surface area contributed by atoms with E-state index in [1.54, 1.807) is 12.1 Å². The first-order valence-corrected chi connectivity index (χ1v) is 11.0. The number of nitrogens with zero attached hydrogens (tertiary/aromatic N) is 2. The minimum absolute atomic E-state index is 0. The van der Waals surface area contributed by atoms with E-state index in [2.05, 4.69) is 31.0 Å².